The molecule has 3 aromatic rings. The van der Waals surface area contributed by atoms with Crippen LogP contribution in [0, 0.1) is 24.7 Å². The van der Waals surface area contributed by atoms with Crippen molar-refractivity contribution in [2.75, 3.05) is 37.2 Å². The first-order valence-corrected chi connectivity index (χ1v) is 16.3. The fourth-order valence-corrected chi connectivity index (χ4v) is 7.37. The van der Waals surface area contributed by atoms with Crippen molar-refractivity contribution in [2.45, 2.75) is 45.8 Å². The minimum atomic E-state index is -1.24. The van der Waals surface area contributed by atoms with Crippen molar-refractivity contribution >= 4 is 34.8 Å². The molecule has 0 saturated carbocycles. The molecule has 6 atom stereocenters. The Balaban J connectivity index is 1.62. The summed E-state index contributed by atoms with van der Waals surface area (Å²) in [4.78, 5) is 45.2. The van der Waals surface area contributed by atoms with E-state index >= 15 is 4.79 Å². The summed E-state index contributed by atoms with van der Waals surface area (Å²) in [5, 5.41) is 10.7. The first kappa shape index (κ1) is 32.2. The topological polar surface area (TPSA) is 101 Å². The van der Waals surface area contributed by atoms with E-state index in [0.717, 1.165) is 28.2 Å². The maximum Gasteiger partial charge on any atom is 0.317 e. The van der Waals surface area contributed by atoms with E-state index in [0.29, 0.717) is 16.7 Å². The van der Waals surface area contributed by atoms with Crippen LogP contribution in [0.1, 0.15) is 49.4 Å². The first-order chi connectivity index (χ1) is 22.7. The van der Waals surface area contributed by atoms with Crippen LogP contribution in [0.3, 0.4) is 0 Å². The van der Waals surface area contributed by atoms with Crippen molar-refractivity contribution in [3.05, 3.63) is 107 Å². The van der Waals surface area contributed by atoms with Crippen molar-refractivity contribution in [3.63, 3.8) is 0 Å². The van der Waals surface area contributed by atoms with Crippen LogP contribution in [0.15, 0.2) is 95.1 Å². The van der Waals surface area contributed by atoms with Gasteiger partial charge in [-0.05, 0) is 68.7 Å². The molecule has 0 unspecified atom stereocenters. The SMILES string of the molecule is CCOC(=O)[C@@H]1C(=O)C2=C([C@H](C(=O)OCC)[C@@H]1c1ccccc1)[C@@H]1C(C)=NN(c3ccc(C)cc3)[C@H]1N[C@@H]2c1ccc(N(C)C)cc1. The summed E-state index contributed by atoms with van der Waals surface area (Å²) in [6.07, 6.45) is -0.407. The molecule has 3 aromatic carbocycles. The lowest BCUT2D eigenvalue weighted by Gasteiger charge is -2.47. The number of ketones is 1. The Morgan fingerprint density at radius 2 is 1.45 bits per heavy atom. The average molecular weight is 635 g/mol. The standard InChI is InChI=1S/C38H42N4O5/c1-7-46-37(44)31-29(24-12-10-9-11-13-24)33(38(45)47-8-2)35(43)32-30(31)28-23(4)40-42(27-18-14-22(3)15-19-27)36(28)39-34(32)25-16-20-26(21-17-25)41(5)6/h9-21,28-29,31,33-34,36,39H,7-8H2,1-6H3/t28-,29-,31+,33-,34+,36+/m0/s1. The summed E-state index contributed by atoms with van der Waals surface area (Å²) in [6.45, 7) is 7.72. The van der Waals surface area contributed by atoms with Gasteiger partial charge in [0.25, 0.3) is 0 Å². The zero-order valence-electron chi connectivity index (χ0n) is 27.8. The highest BCUT2D eigenvalue weighted by molar-refractivity contribution is 6.14. The number of nitrogens with one attached hydrogen (secondary N) is 1. The second kappa shape index (κ2) is 13.2. The number of ether oxygens (including phenoxy) is 2. The lowest BCUT2D eigenvalue weighted by Crippen LogP contribution is -2.57. The van der Waals surface area contributed by atoms with Gasteiger partial charge in [0.15, 0.2) is 5.78 Å². The second-order valence-corrected chi connectivity index (χ2v) is 12.6. The number of nitrogens with zero attached hydrogens (tertiary/aromatic N) is 3. The predicted molar refractivity (Wildman–Crippen MR) is 182 cm³/mol. The van der Waals surface area contributed by atoms with E-state index in [2.05, 4.69) is 5.32 Å². The van der Waals surface area contributed by atoms with E-state index in [4.69, 9.17) is 14.6 Å². The van der Waals surface area contributed by atoms with Gasteiger partial charge in [0.1, 0.15) is 12.1 Å². The summed E-state index contributed by atoms with van der Waals surface area (Å²) in [7, 11) is 3.94. The Bertz CT molecular complexity index is 1710. The maximum absolute atomic E-state index is 15.0. The normalized spacial score (nSPS) is 25.1. The van der Waals surface area contributed by atoms with Crippen LogP contribution in [0.5, 0.6) is 0 Å². The number of esters is 2. The van der Waals surface area contributed by atoms with Crippen LogP contribution in [-0.4, -0.2) is 56.9 Å². The Morgan fingerprint density at radius 1 is 0.830 bits per heavy atom. The molecule has 1 N–H and O–H groups in total. The molecule has 2 aliphatic heterocycles. The molecule has 3 aliphatic rings. The van der Waals surface area contributed by atoms with Gasteiger partial charge in [0, 0.05) is 37.0 Å². The fourth-order valence-electron chi connectivity index (χ4n) is 7.37. The Hall–Kier alpha value is -4.76. The lowest BCUT2D eigenvalue weighted by molar-refractivity contribution is -0.156. The molecule has 0 amide bonds. The van der Waals surface area contributed by atoms with Crippen molar-refractivity contribution < 1.29 is 23.9 Å². The van der Waals surface area contributed by atoms with Gasteiger partial charge in [-0.15, -0.1) is 0 Å². The molecule has 244 valence electrons. The second-order valence-electron chi connectivity index (χ2n) is 12.6. The molecule has 0 saturated heterocycles. The Morgan fingerprint density at radius 3 is 2.04 bits per heavy atom. The van der Waals surface area contributed by atoms with Gasteiger partial charge in [-0.1, -0.05) is 60.2 Å². The largest absolute Gasteiger partial charge is 0.466 e. The number of hydrazone groups is 1. The summed E-state index contributed by atoms with van der Waals surface area (Å²) in [5.74, 6) is -4.88. The van der Waals surface area contributed by atoms with Crippen molar-refractivity contribution in [3.8, 4) is 0 Å². The molecular weight excluding hydrogens is 592 g/mol. The van der Waals surface area contributed by atoms with Gasteiger partial charge in [-0.2, -0.15) is 5.10 Å². The van der Waals surface area contributed by atoms with E-state index in [1.54, 1.807) is 13.8 Å². The smallest absolute Gasteiger partial charge is 0.317 e. The zero-order valence-corrected chi connectivity index (χ0v) is 27.8. The van der Waals surface area contributed by atoms with Crippen molar-refractivity contribution in [2.24, 2.45) is 22.9 Å². The summed E-state index contributed by atoms with van der Waals surface area (Å²) in [6, 6.07) is 24.8. The van der Waals surface area contributed by atoms with Gasteiger partial charge < -0.3 is 14.4 Å². The Labute approximate surface area is 276 Å². The number of benzene rings is 3. The summed E-state index contributed by atoms with van der Waals surface area (Å²) < 4.78 is 11.3. The van der Waals surface area contributed by atoms with Crippen LogP contribution in [0.25, 0.3) is 0 Å². The monoisotopic (exact) mass is 634 g/mol. The highest BCUT2D eigenvalue weighted by Gasteiger charge is 2.59. The van der Waals surface area contributed by atoms with E-state index in [1.165, 1.54) is 0 Å². The van der Waals surface area contributed by atoms with Crippen molar-refractivity contribution in [1.29, 1.82) is 0 Å². The van der Waals surface area contributed by atoms with Gasteiger partial charge in [-0.3, -0.25) is 19.7 Å². The van der Waals surface area contributed by atoms with Crippen LogP contribution < -0.4 is 15.2 Å². The molecule has 9 heteroatoms. The summed E-state index contributed by atoms with van der Waals surface area (Å²) in [5.41, 5.74) is 6.39. The number of aryl methyl sites for hydroxylation is 1. The molecule has 0 spiro atoms. The number of hydrogen-bond donors (Lipinski definition) is 1. The fraction of sp³-hybridized carbons (Fsp3) is 0.368. The van der Waals surface area contributed by atoms with Crippen LogP contribution in [0.2, 0.25) is 0 Å². The summed E-state index contributed by atoms with van der Waals surface area (Å²) >= 11 is 0. The first-order valence-electron chi connectivity index (χ1n) is 16.3. The average Bonchev–Trinajstić information content (AvgIpc) is 3.40. The van der Waals surface area contributed by atoms with Crippen LogP contribution in [0.4, 0.5) is 11.4 Å². The zero-order chi connectivity index (χ0) is 33.4. The quantitative estimate of drug-likeness (QED) is 0.254. The third-order valence-corrected chi connectivity index (χ3v) is 9.48. The molecule has 6 rings (SSSR count). The van der Waals surface area contributed by atoms with E-state index < -0.39 is 47.8 Å². The molecule has 0 aromatic heterocycles. The van der Waals surface area contributed by atoms with E-state index in [9.17, 15) is 9.59 Å². The number of carbonyl (C=O) groups excluding carboxylic acids is 3. The molecule has 9 nitrogen and oxygen atoms in total. The van der Waals surface area contributed by atoms with Crippen LogP contribution >= 0.6 is 0 Å². The van der Waals surface area contributed by atoms with Gasteiger partial charge in [-0.25, -0.2) is 5.01 Å². The predicted octanol–water partition coefficient (Wildman–Crippen LogP) is 5.57. The van der Waals surface area contributed by atoms with Crippen LogP contribution in [-0.2, 0) is 23.9 Å². The highest BCUT2D eigenvalue weighted by Crippen LogP contribution is 2.54. The Kier molecular flexibility index (Phi) is 9.01. The number of hydrogen-bond acceptors (Lipinski definition) is 9. The van der Waals surface area contributed by atoms with E-state index in [1.807, 2.05) is 117 Å². The molecule has 1 aliphatic carbocycles. The third kappa shape index (κ3) is 5.73. The van der Waals surface area contributed by atoms with Gasteiger partial charge in [0.05, 0.1) is 36.8 Å². The molecule has 0 fully saturated rings. The third-order valence-electron chi connectivity index (χ3n) is 9.48. The molecule has 47 heavy (non-hydrogen) atoms. The number of carbonyl (C=O) groups is 3. The number of fused-ring (bicyclic) bond motifs is 2. The van der Waals surface area contributed by atoms with Gasteiger partial charge >= 0.3 is 11.9 Å². The number of rotatable bonds is 8. The lowest BCUT2D eigenvalue weighted by atomic mass is 9.59. The minimum Gasteiger partial charge on any atom is -0.466 e. The molecule has 0 bridgehead atoms. The van der Waals surface area contributed by atoms with Gasteiger partial charge in [0.2, 0.25) is 0 Å². The highest BCUT2D eigenvalue weighted by atomic mass is 16.5. The molecule has 0 radical (unpaired) electrons. The minimum absolute atomic E-state index is 0.107. The van der Waals surface area contributed by atoms with E-state index in [-0.39, 0.29) is 19.0 Å². The maximum atomic E-state index is 15.0. The number of Topliss-reactive ketones (excluding diaryl/α,β-unsaturated/α-hetero) is 1. The molecular formula is C38H42N4O5. The number of anilines is 2. The molecule has 2 heterocycles. The van der Waals surface area contributed by atoms with Crippen molar-refractivity contribution in [1.82, 2.24) is 5.32 Å².